The first kappa shape index (κ1) is 15.8. The van der Waals surface area contributed by atoms with Crippen LogP contribution in [0.1, 0.15) is 13.8 Å². The van der Waals surface area contributed by atoms with E-state index in [9.17, 15) is 9.18 Å². The second kappa shape index (κ2) is 7.45. The van der Waals surface area contributed by atoms with Crippen LogP contribution in [0.2, 0.25) is 0 Å². The van der Waals surface area contributed by atoms with Crippen LogP contribution in [0, 0.1) is 5.82 Å². The van der Waals surface area contributed by atoms with Gasteiger partial charge in [-0.2, -0.15) is 0 Å². The minimum absolute atomic E-state index is 0.194. The molecule has 0 saturated carbocycles. The third kappa shape index (κ3) is 4.48. The summed E-state index contributed by atoms with van der Waals surface area (Å²) in [5.74, 6) is 0.260. The summed E-state index contributed by atoms with van der Waals surface area (Å²) in [4.78, 5) is 12.1. The highest BCUT2D eigenvalue weighted by Gasteiger charge is 2.12. The molecule has 2 aromatic carbocycles. The number of hydrogen-bond donors (Lipinski definition) is 2. The summed E-state index contributed by atoms with van der Waals surface area (Å²) in [5.41, 5.74) is 1.39. The Morgan fingerprint density at radius 2 is 1.68 bits per heavy atom. The molecule has 2 N–H and O–H groups in total. The topological polar surface area (TPSA) is 50.4 Å². The van der Waals surface area contributed by atoms with Crippen molar-refractivity contribution in [2.75, 3.05) is 17.2 Å². The molecule has 0 aliphatic carbocycles. The Balaban J connectivity index is 1.91. The Morgan fingerprint density at radius 3 is 2.27 bits per heavy atom. The van der Waals surface area contributed by atoms with E-state index in [-0.39, 0.29) is 11.7 Å². The fourth-order valence-electron chi connectivity index (χ4n) is 1.91. The van der Waals surface area contributed by atoms with Gasteiger partial charge in [0.25, 0.3) is 0 Å². The van der Waals surface area contributed by atoms with Gasteiger partial charge in [-0.3, -0.25) is 4.79 Å². The summed E-state index contributed by atoms with van der Waals surface area (Å²) < 4.78 is 18.2. The van der Waals surface area contributed by atoms with Gasteiger partial charge in [0, 0.05) is 11.4 Å². The van der Waals surface area contributed by atoms with E-state index in [1.807, 2.05) is 31.2 Å². The third-order valence-electron chi connectivity index (χ3n) is 3.05. The average Bonchev–Trinajstić information content (AvgIpc) is 2.51. The monoisotopic (exact) mass is 302 g/mol. The number of ether oxygens (including phenoxy) is 1. The Kier molecular flexibility index (Phi) is 5.36. The van der Waals surface area contributed by atoms with E-state index in [1.54, 1.807) is 6.92 Å². The average molecular weight is 302 g/mol. The highest BCUT2D eigenvalue weighted by atomic mass is 19.1. The third-order valence-corrected chi connectivity index (χ3v) is 3.05. The van der Waals surface area contributed by atoms with Crippen LogP contribution in [-0.2, 0) is 4.79 Å². The number of carbonyl (C=O) groups excluding carboxylic acids is 1. The fourth-order valence-corrected chi connectivity index (χ4v) is 1.91. The molecular weight excluding hydrogens is 283 g/mol. The summed E-state index contributed by atoms with van der Waals surface area (Å²) >= 11 is 0. The molecule has 0 radical (unpaired) electrons. The van der Waals surface area contributed by atoms with Crippen LogP contribution in [-0.4, -0.2) is 18.6 Å². The van der Waals surface area contributed by atoms with Gasteiger partial charge in [0.15, 0.2) is 0 Å². The second-order valence-electron chi connectivity index (χ2n) is 4.82. The van der Waals surface area contributed by atoms with E-state index < -0.39 is 6.04 Å². The van der Waals surface area contributed by atoms with E-state index in [4.69, 9.17) is 4.74 Å². The Bertz CT molecular complexity index is 612. The summed E-state index contributed by atoms with van der Waals surface area (Å²) in [5, 5.41) is 5.83. The molecule has 0 fully saturated rings. The van der Waals surface area contributed by atoms with Crippen LogP contribution in [0.5, 0.6) is 5.75 Å². The zero-order chi connectivity index (χ0) is 15.9. The first-order chi connectivity index (χ1) is 10.6. The zero-order valence-corrected chi connectivity index (χ0v) is 12.6. The first-order valence-electron chi connectivity index (χ1n) is 7.14. The Morgan fingerprint density at radius 1 is 1.09 bits per heavy atom. The highest BCUT2D eigenvalue weighted by Crippen LogP contribution is 2.17. The summed E-state index contributed by atoms with van der Waals surface area (Å²) in [7, 11) is 0. The maximum Gasteiger partial charge on any atom is 0.246 e. The Labute approximate surface area is 129 Å². The van der Waals surface area contributed by atoms with E-state index >= 15 is 0 Å². The van der Waals surface area contributed by atoms with Crippen molar-refractivity contribution >= 4 is 17.3 Å². The predicted octanol–water partition coefficient (Wildman–Crippen LogP) is 3.66. The lowest BCUT2D eigenvalue weighted by atomic mass is 10.2. The van der Waals surface area contributed by atoms with Crippen LogP contribution in [0.3, 0.4) is 0 Å². The van der Waals surface area contributed by atoms with Crippen LogP contribution < -0.4 is 15.4 Å². The molecule has 0 aromatic heterocycles. The van der Waals surface area contributed by atoms with Gasteiger partial charge in [0.05, 0.1) is 6.61 Å². The molecule has 5 heteroatoms. The minimum atomic E-state index is -0.428. The lowest BCUT2D eigenvalue weighted by molar-refractivity contribution is -0.116. The predicted molar refractivity (Wildman–Crippen MR) is 85.7 cm³/mol. The van der Waals surface area contributed by atoms with E-state index in [0.29, 0.717) is 12.3 Å². The van der Waals surface area contributed by atoms with Gasteiger partial charge < -0.3 is 15.4 Å². The second-order valence-corrected chi connectivity index (χ2v) is 4.82. The Hall–Kier alpha value is -2.56. The van der Waals surface area contributed by atoms with Crippen LogP contribution in [0.15, 0.2) is 48.5 Å². The number of amides is 1. The maximum atomic E-state index is 12.8. The standard InChI is InChI=1S/C17H19FN2O2/c1-3-22-16-10-8-14(9-11-16)19-12(2)17(21)20-15-6-4-13(18)5-7-15/h4-12,19H,3H2,1-2H3,(H,20,21)/t12-/m0/s1. The first-order valence-corrected chi connectivity index (χ1v) is 7.14. The number of anilines is 2. The number of hydrogen-bond acceptors (Lipinski definition) is 3. The largest absolute Gasteiger partial charge is 0.494 e. The van der Waals surface area contributed by atoms with Gasteiger partial charge in [-0.05, 0) is 62.4 Å². The maximum absolute atomic E-state index is 12.8. The lowest BCUT2D eigenvalue weighted by Crippen LogP contribution is -2.31. The number of nitrogens with one attached hydrogen (secondary N) is 2. The molecule has 0 spiro atoms. The van der Waals surface area contributed by atoms with Crippen molar-refractivity contribution in [2.24, 2.45) is 0 Å². The van der Waals surface area contributed by atoms with Gasteiger partial charge >= 0.3 is 0 Å². The molecule has 116 valence electrons. The van der Waals surface area contributed by atoms with Crippen molar-refractivity contribution < 1.29 is 13.9 Å². The van der Waals surface area contributed by atoms with Crippen molar-refractivity contribution in [3.63, 3.8) is 0 Å². The number of rotatable bonds is 6. The molecule has 0 aliphatic rings. The van der Waals surface area contributed by atoms with E-state index in [0.717, 1.165) is 11.4 Å². The van der Waals surface area contributed by atoms with Crippen molar-refractivity contribution in [2.45, 2.75) is 19.9 Å². The zero-order valence-electron chi connectivity index (χ0n) is 12.6. The van der Waals surface area contributed by atoms with Gasteiger partial charge in [-0.25, -0.2) is 4.39 Å². The molecule has 0 unspecified atom stereocenters. The number of carbonyl (C=O) groups is 1. The number of benzene rings is 2. The van der Waals surface area contributed by atoms with Crippen LogP contribution in [0.4, 0.5) is 15.8 Å². The van der Waals surface area contributed by atoms with Gasteiger partial charge in [0.1, 0.15) is 17.6 Å². The molecule has 0 saturated heterocycles. The van der Waals surface area contributed by atoms with Gasteiger partial charge in [0.2, 0.25) is 5.91 Å². The summed E-state index contributed by atoms with van der Waals surface area (Å²) in [6, 6.07) is 12.6. The summed E-state index contributed by atoms with van der Waals surface area (Å²) in [6.45, 7) is 4.30. The molecule has 22 heavy (non-hydrogen) atoms. The van der Waals surface area contributed by atoms with Crippen molar-refractivity contribution in [1.29, 1.82) is 0 Å². The minimum Gasteiger partial charge on any atom is -0.494 e. The smallest absolute Gasteiger partial charge is 0.246 e. The molecule has 2 rings (SSSR count). The molecule has 2 aromatic rings. The quantitative estimate of drug-likeness (QED) is 0.856. The van der Waals surface area contributed by atoms with Crippen molar-refractivity contribution in [3.8, 4) is 5.75 Å². The molecule has 0 aliphatic heterocycles. The van der Waals surface area contributed by atoms with Gasteiger partial charge in [-0.15, -0.1) is 0 Å². The normalized spacial score (nSPS) is 11.6. The molecule has 4 nitrogen and oxygen atoms in total. The summed E-state index contributed by atoms with van der Waals surface area (Å²) in [6.07, 6.45) is 0. The van der Waals surface area contributed by atoms with Crippen LogP contribution >= 0.6 is 0 Å². The molecule has 0 heterocycles. The SMILES string of the molecule is CCOc1ccc(N[C@@H](C)C(=O)Nc2ccc(F)cc2)cc1. The molecule has 1 amide bonds. The van der Waals surface area contributed by atoms with E-state index in [1.165, 1.54) is 24.3 Å². The number of halogens is 1. The molecule has 0 bridgehead atoms. The molecular formula is C17H19FN2O2. The van der Waals surface area contributed by atoms with Crippen LogP contribution in [0.25, 0.3) is 0 Å². The fraction of sp³-hybridized carbons (Fsp3) is 0.235. The molecule has 1 atom stereocenters. The highest BCUT2D eigenvalue weighted by molar-refractivity contribution is 5.96. The van der Waals surface area contributed by atoms with Gasteiger partial charge in [-0.1, -0.05) is 0 Å². The van der Waals surface area contributed by atoms with Crippen molar-refractivity contribution in [3.05, 3.63) is 54.3 Å². The lowest BCUT2D eigenvalue weighted by Gasteiger charge is -2.15. The van der Waals surface area contributed by atoms with Crippen molar-refractivity contribution in [1.82, 2.24) is 0 Å². The van der Waals surface area contributed by atoms with E-state index in [2.05, 4.69) is 10.6 Å².